The summed E-state index contributed by atoms with van der Waals surface area (Å²) < 4.78 is 37.4. The summed E-state index contributed by atoms with van der Waals surface area (Å²) in [6.45, 7) is 1.07. The highest BCUT2D eigenvalue weighted by Crippen LogP contribution is 2.29. The molecule has 2 aromatic rings. The molecule has 142 valence electrons. The summed E-state index contributed by atoms with van der Waals surface area (Å²) in [5.74, 6) is -1.36. The van der Waals surface area contributed by atoms with Gasteiger partial charge in [0, 0.05) is 22.9 Å². The first-order valence-corrected chi connectivity index (χ1v) is 7.58. The molecule has 2 amide bonds. The molecular weight excluding hydrogens is 367 g/mol. The van der Waals surface area contributed by atoms with E-state index in [1.165, 1.54) is 19.1 Å². The number of halogens is 3. The van der Waals surface area contributed by atoms with E-state index in [9.17, 15) is 32.9 Å². The molecule has 0 spiro atoms. The number of nitrogens with one attached hydrogen (secondary N) is 2. The van der Waals surface area contributed by atoms with Crippen molar-refractivity contribution in [1.29, 1.82) is 0 Å². The molecule has 0 heterocycles. The number of hydrogen-bond acceptors (Lipinski definition) is 4. The molecule has 0 unspecified atom stereocenters. The van der Waals surface area contributed by atoms with Crippen molar-refractivity contribution < 1.29 is 27.7 Å². The second kappa shape index (κ2) is 7.85. The molecule has 2 rings (SSSR count). The molecule has 0 radical (unpaired) electrons. The summed E-state index contributed by atoms with van der Waals surface area (Å²) in [4.78, 5) is 34.1. The number of amides is 2. The van der Waals surface area contributed by atoms with E-state index in [2.05, 4.69) is 10.6 Å². The molecular formula is C17H14F3N3O4. The first kappa shape index (κ1) is 19.9. The van der Waals surface area contributed by atoms with E-state index in [1.807, 2.05) is 0 Å². The maximum Gasteiger partial charge on any atom is 0.416 e. The third-order valence-corrected chi connectivity index (χ3v) is 3.57. The Morgan fingerprint density at radius 3 is 2.30 bits per heavy atom. The lowest BCUT2D eigenvalue weighted by molar-refractivity contribution is -0.385. The van der Waals surface area contributed by atoms with E-state index in [4.69, 9.17) is 0 Å². The lowest BCUT2D eigenvalue weighted by atomic mass is 10.1. The highest BCUT2D eigenvalue weighted by atomic mass is 19.4. The molecule has 27 heavy (non-hydrogen) atoms. The van der Waals surface area contributed by atoms with Crippen LogP contribution in [0.25, 0.3) is 0 Å². The minimum atomic E-state index is -4.48. The Balaban J connectivity index is 1.94. The number of rotatable bonds is 5. The average molecular weight is 381 g/mol. The molecule has 10 heteroatoms. The van der Waals surface area contributed by atoms with Crippen molar-refractivity contribution in [3.63, 3.8) is 0 Å². The SMILES string of the molecule is Cc1ccc(C(=O)NCC(=O)Nc2ccc(C(F)(F)F)cc2)cc1[N+](=O)[O-]. The van der Waals surface area contributed by atoms with Gasteiger partial charge in [0.15, 0.2) is 0 Å². The van der Waals surface area contributed by atoms with Crippen LogP contribution < -0.4 is 10.6 Å². The lowest BCUT2D eigenvalue weighted by Crippen LogP contribution is -2.32. The number of nitro groups is 1. The van der Waals surface area contributed by atoms with Crippen molar-refractivity contribution in [2.24, 2.45) is 0 Å². The van der Waals surface area contributed by atoms with Gasteiger partial charge >= 0.3 is 6.18 Å². The Kier molecular flexibility index (Phi) is 5.78. The van der Waals surface area contributed by atoms with Crippen molar-refractivity contribution in [2.75, 3.05) is 11.9 Å². The second-order valence-corrected chi connectivity index (χ2v) is 5.56. The lowest BCUT2D eigenvalue weighted by Gasteiger charge is -2.09. The highest BCUT2D eigenvalue weighted by molar-refractivity contribution is 5.99. The number of benzene rings is 2. The van der Waals surface area contributed by atoms with Crippen molar-refractivity contribution in [3.8, 4) is 0 Å². The maximum absolute atomic E-state index is 12.5. The van der Waals surface area contributed by atoms with Gasteiger partial charge in [-0.15, -0.1) is 0 Å². The number of nitrogens with zero attached hydrogens (tertiary/aromatic N) is 1. The van der Waals surface area contributed by atoms with Crippen molar-refractivity contribution >= 4 is 23.2 Å². The van der Waals surface area contributed by atoms with Crippen LogP contribution in [-0.4, -0.2) is 23.3 Å². The number of anilines is 1. The third kappa shape index (κ3) is 5.27. The van der Waals surface area contributed by atoms with E-state index >= 15 is 0 Å². The number of alkyl halides is 3. The molecule has 0 saturated heterocycles. The van der Waals surface area contributed by atoms with Crippen LogP contribution in [0.1, 0.15) is 21.5 Å². The highest BCUT2D eigenvalue weighted by Gasteiger charge is 2.30. The van der Waals surface area contributed by atoms with Crippen LogP contribution in [0.4, 0.5) is 24.5 Å². The Labute approximate surface area is 151 Å². The Hall–Kier alpha value is -3.43. The van der Waals surface area contributed by atoms with Gasteiger partial charge in [0.1, 0.15) is 0 Å². The number of carbonyl (C=O) groups is 2. The van der Waals surface area contributed by atoms with Crippen LogP contribution in [0.5, 0.6) is 0 Å². The minimum Gasteiger partial charge on any atom is -0.343 e. The van der Waals surface area contributed by atoms with Gasteiger partial charge < -0.3 is 10.6 Å². The van der Waals surface area contributed by atoms with E-state index in [-0.39, 0.29) is 16.9 Å². The fraction of sp³-hybridized carbons (Fsp3) is 0.176. The summed E-state index contributed by atoms with van der Waals surface area (Å²) >= 11 is 0. The topological polar surface area (TPSA) is 101 Å². The number of carbonyl (C=O) groups excluding carboxylic acids is 2. The minimum absolute atomic E-state index is 0.00892. The summed E-state index contributed by atoms with van der Waals surface area (Å²) in [7, 11) is 0. The zero-order chi connectivity index (χ0) is 20.2. The third-order valence-electron chi connectivity index (χ3n) is 3.57. The monoisotopic (exact) mass is 381 g/mol. The van der Waals surface area contributed by atoms with Gasteiger partial charge in [-0.3, -0.25) is 19.7 Å². The molecule has 0 aromatic heterocycles. The first-order valence-electron chi connectivity index (χ1n) is 7.58. The second-order valence-electron chi connectivity index (χ2n) is 5.56. The standard InChI is InChI=1S/C17H14F3N3O4/c1-10-2-3-11(8-14(10)23(26)27)16(25)21-9-15(24)22-13-6-4-12(5-7-13)17(18,19)20/h2-8H,9H2,1H3,(H,21,25)(H,22,24). The van der Waals surface area contributed by atoms with E-state index in [1.54, 1.807) is 0 Å². The van der Waals surface area contributed by atoms with Crippen molar-refractivity contribution in [2.45, 2.75) is 13.1 Å². The van der Waals surface area contributed by atoms with Crippen molar-refractivity contribution in [3.05, 3.63) is 69.3 Å². The zero-order valence-electron chi connectivity index (χ0n) is 14.0. The largest absolute Gasteiger partial charge is 0.416 e. The molecule has 0 aliphatic heterocycles. The average Bonchev–Trinajstić information content (AvgIpc) is 2.59. The van der Waals surface area contributed by atoms with Gasteiger partial charge in [-0.2, -0.15) is 13.2 Å². The maximum atomic E-state index is 12.5. The summed E-state index contributed by atoms with van der Waals surface area (Å²) in [6, 6.07) is 7.70. The van der Waals surface area contributed by atoms with Crippen LogP contribution >= 0.6 is 0 Å². The summed E-state index contributed by atoms with van der Waals surface area (Å²) in [5.41, 5.74) is -0.550. The van der Waals surface area contributed by atoms with E-state index in [0.717, 1.165) is 30.3 Å². The molecule has 0 bridgehead atoms. The molecule has 0 atom stereocenters. The first-order chi connectivity index (χ1) is 12.6. The molecule has 7 nitrogen and oxygen atoms in total. The molecule has 0 fully saturated rings. The van der Waals surface area contributed by atoms with Crippen molar-refractivity contribution in [1.82, 2.24) is 5.32 Å². The Bertz CT molecular complexity index is 880. The predicted molar refractivity (Wildman–Crippen MR) is 90.2 cm³/mol. The number of nitro benzene ring substituents is 1. The molecule has 0 aliphatic rings. The van der Waals surface area contributed by atoms with Crippen LogP contribution in [-0.2, 0) is 11.0 Å². The van der Waals surface area contributed by atoms with Crippen LogP contribution in [0.2, 0.25) is 0 Å². The fourth-order valence-electron chi connectivity index (χ4n) is 2.16. The number of hydrogen-bond donors (Lipinski definition) is 2. The number of aryl methyl sites for hydroxylation is 1. The summed E-state index contributed by atoms with van der Waals surface area (Å²) in [6.07, 6.45) is -4.48. The predicted octanol–water partition coefficient (Wildman–Crippen LogP) is 3.29. The molecule has 0 aliphatic carbocycles. The molecule has 2 aromatic carbocycles. The van der Waals surface area contributed by atoms with E-state index in [0.29, 0.717) is 5.56 Å². The van der Waals surface area contributed by atoms with Gasteiger partial charge in [-0.05, 0) is 37.3 Å². The van der Waals surface area contributed by atoms with Gasteiger partial charge in [0.25, 0.3) is 11.6 Å². The summed E-state index contributed by atoms with van der Waals surface area (Å²) in [5, 5.41) is 15.5. The van der Waals surface area contributed by atoms with Gasteiger partial charge in [-0.25, -0.2) is 0 Å². The van der Waals surface area contributed by atoms with Crippen LogP contribution in [0.15, 0.2) is 42.5 Å². The zero-order valence-corrected chi connectivity index (χ0v) is 14.0. The molecule has 0 saturated carbocycles. The quantitative estimate of drug-likeness (QED) is 0.613. The normalized spacial score (nSPS) is 11.0. The smallest absolute Gasteiger partial charge is 0.343 e. The van der Waals surface area contributed by atoms with E-state index < -0.39 is 35.0 Å². The van der Waals surface area contributed by atoms with Gasteiger partial charge in [0.05, 0.1) is 17.0 Å². The van der Waals surface area contributed by atoms with Gasteiger partial charge in [0.2, 0.25) is 5.91 Å². The Morgan fingerprint density at radius 2 is 1.74 bits per heavy atom. The fourth-order valence-corrected chi connectivity index (χ4v) is 2.16. The Morgan fingerprint density at radius 1 is 1.11 bits per heavy atom. The molecule has 2 N–H and O–H groups in total. The van der Waals surface area contributed by atoms with Crippen LogP contribution in [0.3, 0.4) is 0 Å². The van der Waals surface area contributed by atoms with Gasteiger partial charge in [-0.1, -0.05) is 6.07 Å². The van der Waals surface area contributed by atoms with Crippen LogP contribution in [0, 0.1) is 17.0 Å².